The van der Waals surface area contributed by atoms with Crippen LogP contribution in [0, 0.1) is 6.92 Å². The van der Waals surface area contributed by atoms with Crippen LogP contribution in [0.2, 0.25) is 0 Å². The van der Waals surface area contributed by atoms with E-state index in [1.807, 2.05) is 52.6 Å². The standard InChI is InChI=1S/C29H29N3O2S/c1-19-9-13-21(14-10-19)30-29(33)32-18-24-23-6-3-4-8-26(23)35-28(24)31-17-5-7-25(31)27(32)20-11-15-22(34-2)16-12-20/h5,7,9-17,27H,3-4,6,8,18H2,1-2H3,(H,30,33)/t27-/m0/s1. The topological polar surface area (TPSA) is 46.5 Å². The lowest BCUT2D eigenvalue weighted by atomic mass is 9.95. The summed E-state index contributed by atoms with van der Waals surface area (Å²) in [5, 5.41) is 4.44. The molecular formula is C29H29N3O2S. The van der Waals surface area contributed by atoms with Crippen molar-refractivity contribution in [1.29, 1.82) is 0 Å². The predicted molar refractivity (Wildman–Crippen MR) is 141 cm³/mol. The van der Waals surface area contributed by atoms with Crippen LogP contribution in [0.15, 0.2) is 66.9 Å². The number of benzene rings is 2. The Morgan fingerprint density at radius 3 is 2.54 bits per heavy atom. The molecule has 2 aromatic carbocycles. The van der Waals surface area contributed by atoms with Crippen molar-refractivity contribution in [3.05, 3.63) is 99.7 Å². The van der Waals surface area contributed by atoms with Crippen LogP contribution in [-0.4, -0.2) is 22.6 Å². The number of aromatic nitrogens is 1. The number of carbonyl (C=O) groups excluding carboxylic acids is 1. The zero-order valence-corrected chi connectivity index (χ0v) is 20.9. The van der Waals surface area contributed by atoms with E-state index < -0.39 is 0 Å². The van der Waals surface area contributed by atoms with Gasteiger partial charge < -0.3 is 19.5 Å². The van der Waals surface area contributed by atoms with Gasteiger partial charge in [0.05, 0.1) is 25.4 Å². The fraction of sp³-hybridized carbons (Fsp3) is 0.276. The summed E-state index contributed by atoms with van der Waals surface area (Å²) in [6.07, 6.45) is 6.84. The molecular weight excluding hydrogens is 454 g/mol. The van der Waals surface area contributed by atoms with Crippen molar-refractivity contribution in [3.8, 4) is 10.8 Å². The number of hydrogen-bond donors (Lipinski definition) is 1. The molecule has 0 bridgehead atoms. The number of carbonyl (C=O) groups is 1. The van der Waals surface area contributed by atoms with Gasteiger partial charge in [0.1, 0.15) is 10.8 Å². The van der Waals surface area contributed by atoms with E-state index in [1.165, 1.54) is 39.4 Å². The van der Waals surface area contributed by atoms with Crippen molar-refractivity contribution in [2.45, 2.75) is 45.2 Å². The molecule has 2 aliphatic rings. The van der Waals surface area contributed by atoms with Gasteiger partial charge in [-0.15, -0.1) is 11.3 Å². The van der Waals surface area contributed by atoms with Crippen molar-refractivity contribution in [3.63, 3.8) is 0 Å². The number of ether oxygens (including phenoxy) is 1. The van der Waals surface area contributed by atoms with Gasteiger partial charge in [0.15, 0.2) is 0 Å². The van der Waals surface area contributed by atoms with Crippen LogP contribution in [0.3, 0.4) is 0 Å². The van der Waals surface area contributed by atoms with Gasteiger partial charge in [0, 0.05) is 22.3 Å². The van der Waals surface area contributed by atoms with Crippen LogP contribution in [0.5, 0.6) is 5.75 Å². The molecule has 1 aliphatic heterocycles. The Balaban J connectivity index is 1.48. The first kappa shape index (κ1) is 22.0. The van der Waals surface area contributed by atoms with Crippen LogP contribution in [0.1, 0.15) is 51.7 Å². The molecule has 4 aromatic rings. The average molecular weight is 484 g/mol. The molecule has 35 heavy (non-hydrogen) atoms. The molecule has 1 aliphatic carbocycles. The van der Waals surface area contributed by atoms with E-state index in [0.717, 1.165) is 35.5 Å². The van der Waals surface area contributed by atoms with E-state index in [1.54, 1.807) is 7.11 Å². The minimum absolute atomic E-state index is 0.0916. The number of urea groups is 1. The average Bonchev–Trinajstić information content (AvgIpc) is 3.47. The number of nitrogens with one attached hydrogen (secondary N) is 1. The molecule has 2 amide bonds. The Kier molecular flexibility index (Phi) is 5.61. The van der Waals surface area contributed by atoms with Crippen molar-refractivity contribution in [1.82, 2.24) is 9.47 Å². The van der Waals surface area contributed by atoms with Gasteiger partial charge in [-0.3, -0.25) is 0 Å². The summed E-state index contributed by atoms with van der Waals surface area (Å²) >= 11 is 1.91. The van der Waals surface area contributed by atoms with Crippen molar-refractivity contribution < 1.29 is 9.53 Å². The highest BCUT2D eigenvalue weighted by Crippen LogP contribution is 2.44. The number of thiophene rings is 1. The van der Waals surface area contributed by atoms with Gasteiger partial charge in [-0.05, 0) is 80.1 Å². The second-order valence-electron chi connectivity index (χ2n) is 9.40. The largest absolute Gasteiger partial charge is 0.497 e. The molecule has 2 aromatic heterocycles. The smallest absolute Gasteiger partial charge is 0.322 e. The van der Waals surface area contributed by atoms with Gasteiger partial charge in [0.25, 0.3) is 0 Å². The Bertz CT molecular complexity index is 1370. The maximum absolute atomic E-state index is 13.9. The van der Waals surface area contributed by atoms with Crippen molar-refractivity contribution in [2.24, 2.45) is 0 Å². The number of hydrogen-bond acceptors (Lipinski definition) is 3. The van der Waals surface area contributed by atoms with Crippen LogP contribution >= 0.6 is 11.3 Å². The second kappa shape index (κ2) is 8.93. The quantitative estimate of drug-likeness (QED) is 0.346. The maximum Gasteiger partial charge on any atom is 0.322 e. The van der Waals surface area contributed by atoms with Crippen LogP contribution < -0.4 is 10.1 Å². The molecule has 0 radical (unpaired) electrons. The molecule has 0 spiro atoms. The molecule has 6 heteroatoms. The van der Waals surface area contributed by atoms with Gasteiger partial charge in [-0.2, -0.15) is 0 Å². The number of aryl methyl sites for hydroxylation is 2. The number of amides is 2. The number of nitrogens with zero attached hydrogens (tertiary/aromatic N) is 2. The molecule has 0 saturated carbocycles. The first-order valence-corrected chi connectivity index (χ1v) is 13.0. The number of fused-ring (bicyclic) bond motifs is 5. The highest BCUT2D eigenvalue weighted by Gasteiger charge is 2.36. The van der Waals surface area contributed by atoms with E-state index in [0.29, 0.717) is 6.54 Å². The maximum atomic E-state index is 13.9. The van der Waals surface area contributed by atoms with E-state index in [4.69, 9.17) is 4.74 Å². The Hall–Kier alpha value is -3.51. The van der Waals surface area contributed by atoms with Gasteiger partial charge in [-0.25, -0.2) is 4.79 Å². The van der Waals surface area contributed by atoms with Crippen molar-refractivity contribution in [2.75, 3.05) is 12.4 Å². The minimum Gasteiger partial charge on any atom is -0.497 e. The summed E-state index contributed by atoms with van der Waals surface area (Å²) in [4.78, 5) is 17.4. The summed E-state index contributed by atoms with van der Waals surface area (Å²) < 4.78 is 7.71. The molecule has 0 unspecified atom stereocenters. The number of anilines is 1. The first-order chi connectivity index (χ1) is 17.1. The Labute approximate surface area is 210 Å². The molecule has 0 saturated heterocycles. The molecule has 178 valence electrons. The van der Waals surface area contributed by atoms with Crippen molar-refractivity contribution >= 4 is 23.1 Å². The summed E-state index contributed by atoms with van der Waals surface area (Å²) in [7, 11) is 1.67. The Morgan fingerprint density at radius 2 is 1.77 bits per heavy atom. The summed E-state index contributed by atoms with van der Waals surface area (Å²) in [5.41, 5.74) is 6.90. The number of rotatable bonds is 3. The lowest BCUT2D eigenvalue weighted by Gasteiger charge is -2.31. The Morgan fingerprint density at radius 1 is 1.00 bits per heavy atom. The fourth-order valence-electron chi connectivity index (χ4n) is 5.36. The monoisotopic (exact) mass is 483 g/mol. The van der Waals surface area contributed by atoms with Crippen LogP contribution in [0.4, 0.5) is 10.5 Å². The summed E-state index contributed by atoms with van der Waals surface area (Å²) in [6.45, 7) is 2.63. The van der Waals surface area contributed by atoms with E-state index in [2.05, 4.69) is 47.3 Å². The third kappa shape index (κ3) is 3.92. The van der Waals surface area contributed by atoms with Gasteiger partial charge in [-0.1, -0.05) is 29.8 Å². The van der Waals surface area contributed by atoms with Gasteiger partial charge >= 0.3 is 6.03 Å². The minimum atomic E-state index is -0.222. The van der Waals surface area contributed by atoms with Crippen LogP contribution in [0.25, 0.3) is 5.00 Å². The first-order valence-electron chi connectivity index (χ1n) is 12.2. The van der Waals surface area contributed by atoms with E-state index in [-0.39, 0.29) is 12.1 Å². The zero-order valence-electron chi connectivity index (χ0n) is 20.1. The normalized spacial score (nSPS) is 16.6. The highest BCUT2D eigenvalue weighted by atomic mass is 32.1. The van der Waals surface area contributed by atoms with Crippen LogP contribution in [-0.2, 0) is 19.4 Å². The predicted octanol–water partition coefficient (Wildman–Crippen LogP) is 6.87. The highest BCUT2D eigenvalue weighted by molar-refractivity contribution is 7.15. The molecule has 3 heterocycles. The fourth-order valence-corrected chi connectivity index (χ4v) is 6.76. The summed E-state index contributed by atoms with van der Waals surface area (Å²) in [5.74, 6) is 0.807. The molecule has 6 rings (SSSR count). The molecule has 1 N–H and O–H groups in total. The van der Waals surface area contributed by atoms with E-state index >= 15 is 0 Å². The SMILES string of the molecule is COc1ccc([C@H]2c3cccn3-c3sc4c(c3CN2C(=O)Nc2ccc(C)cc2)CCCC4)cc1. The third-order valence-electron chi connectivity index (χ3n) is 7.17. The number of methoxy groups -OCH3 is 1. The molecule has 0 fully saturated rings. The molecule has 5 nitrogen and oxygen atoms in total. The third-order valence-corrected chi connectivity index (χ3v) is 8.51. The zero-order chi connectivity index (χ0) is 23.9. The lowest BCUT2D eigenvalue weighted by molar-refractivity contribution is 0.194. The summed E-state index contributed by atoms with van der Waals surface area (Å²) in [6, 6.07) is 20.0. The van der Waals surface area contributed by atoms with E-state index in [9.17, 15) is 4.79 Å². The molecule has 1 atom stereocenters. The lowest BCUT2D eigenvalue weighted by Crippen LogP contribution is -2.38. The van der Waals surface area contributed by atoms with Gasteiger partial charge in [0.2, 0.25) is 0 Å². The second-order valence-corrected chi connectivity index (χ2v) is 10.5.